The van der Waals surface area contributed by atoms with E-state index in [0.29, 0.717) is 0 Å². The normalized spacial score (nSPS) is 16.4. The van der Waals surface area contributed by atoms with Gasteiger partial charge in [-0.25, -0.2) is 0 Å². The van der Waals surface area contributed by atoms with Crippen LogP contribution in [0.2, 0.25) is 0 Å². The summed E-state index contributed by atoms with van der Waals surface area (Å²) in [6.07, 6.45) is 9.81. The third kappa shape index (κ3) is 5.00. The topological polar surface area (TPSA) is 17.1 Å². The minimum Gasteiger partial charge on any atom is -0.299 e. The molecule has 0 N–H and O–H groups in total. The van der Waals surface area contributed by atoms with E-state index in [9.17, 15) is 4.79 Å². The van der Waals surface area contributed by atoms with Gasteiger partial charge in [0.05, 0.1) is 0 Å². The Hall–Kier alpha value is -0.850. The Bertz CT molecular complexity index is 223. The standard InChI is InChI=1S/C10H14O.C3H8/c1-8(9(2)11)10-6-4-3-5-7-10;1-3-2/h4,6-8H,3,5H2,1-2H3;3H2,1-2H3. The van der Waals surface area contributed by atoms with E-state index in [4.69, 9.17) is 0 Å². The molecule has 1 unspecified atom stereocenters. The summed E-state index contributed by atoms with van der Waals surface area (Å²) in [6, 6.07) is 0. The number of rotatable bonds is 2. The number of carbonyl (C=O) groups excluding carboxylic acids is 1. The molecular formula is C13H22O. The lowest BCUT2D eigenvalue weighted by Crippen LogP contribution is -2.08. The van der Waals surface area contributed by atoms with Gasteiger partial charge in [0.15, 0.2) is 0 Å². The molecule has 1 heteroatoms. The van der Waals surface area contributed by atoms with Crippen molar-refractivity contribution < 1.29 is 4.79 Å². The van der Waals surface area contributed by atoms with Crippen LogP contribution in [0.4, 0.5) is 0 Å². The highest BCUT2D eigenvalue weighted by Gasteiger charge is 2.11. The fourth-order valence-corrected chi connectivity index (χ4v) is 1.19. The smallest absolute Gasteiger partial charge is 0.136 e. The van der Waals surface area contributed by atoms with Gasteiger partial charge in [-0.1, -0.05) is 45.4 Å². The summed E-state index contributed by atoms with van der Waals surface area (Å²) >= 11 is 0. The average Bonchev–Trinajstić information content (AvgIpc) is 2.19. The van der Waals surface area contributed by atoms with Gasteiger partial charge in [-0.2, -0.15) is 0 Å². The Morgan fingerprint density at radius 3 is 2.36 bits per heavy atom. The molecule has 1 aliphatic carbocycles. The fraction of sp³-hybridized carbons (Fsp3) is 0.615. The summed E-state index contributed by atoms with van der Waals surface area (Å²) in [5, 5.41) is 0. The van der Waals surface area contributed by atoms with E-state index in [-0.39, 0.29) is 11.7 Å². The summed E-state index contributed by atoms with van der Waals surface area (Å²) < 4.78 is 0. The highest BCUT2D eigenvalue weighted by atomic mass is 16.1. The minimum atomic E-state index is 0.0894. The van der Waals surface area contributed by atoms with E-state index in [0.717, 1.165) is 12.8 Å². The van der Waals surface area contributed by atoms with E-state index in [2.05, 4.69) is 32.1 Å². The van der Waals surface area contributed by atoms with Crippen molar-refractivity contribution in [1.82, 2.24) is 0 Å². The Balaban J connectivity index is 0.000000500. The molecule has 0 amide bonds. The zero-order valence-electron chi connectivity index (χ0n) is 9.84. The molecule has 1 atom stereocenters. The summed E-state index contributed by atoms with van der Waals surface area (Å²) in [7, 11) is 0. The maximum atomic E-state index is 11.0. The quantitative estimate of drug-likeness (QED) is 0.651. The summed E-state index contributed by atoms with van der Waals surface area (Å²) in [4.78, 5) is 11.0. The highest BCUT2D eigenvalue weighted by molar-refractivity contribution is 5.81. The molecule has 1 nitrogen and oxygen atoms in total. The van der Waals surface area contributed by atoms with Crippen LogP contribution in [0.15, 0.2) is 23.8 Å². The van der Waals surface area contributed by atoms with E-state index in [1.165, 1.54) is 12.0 Å². The number of ketones is 1. The number of allylic oxidation sites excluding steroid dienone is 4. The van der Waals surface area contributed by atoms with Crippen molar-refractivity contribution in [3.63, 3.8) is 0 Å². The van der Waals surface area contributed by atoms with Crippen LogP contribution in [0.25, 0.3) is 0 Å². The predicted molar refractivity (Wildman–Crippen MR) is 62.3 cm³/mol. The molecule has 14 heavy (non-hydrogen) atoms. The summed E-state index contributed by atoms with van der Waals surface area (Å²) in [6.45, 7) is 7.86. The molecule has 0 aliphatic heterocycles. The first-order valence-electron chi connectivity index (χ1n) is 5.50. The van der Waals surface area contributed by atoms with Gasteiger partial charge in [0.25, 0.3) is 0 Å². The molecule has 1 aliphatic rings. The van der Waals surface area contributed by atoms with Gasteiger partial charge < -0.3 is 0 Å². The zero-order chi connectivity index (χ0) is 11.0. The van der Waals surface area contributed by atoms with Crippen molar-refractivity contribution in [2.45, 2.75) is 47.0 Å². The number of Topliss-reactive ketones (excluding diaryl/α,β-unsaturated/α-hetero) is 1. The van der Waals surface area contributed by atoms with Crippen LogP contribution in [-0.4, -0.2) is 5.78 Å². The molecule has 0 aromatic rings. The van der Waals surface area contributed by atoms with Gasteiger partial charge in [-0.05, 0) is 25.3 Å². The molecule has 0 heterocycles. The Kier molecular flexibility index (Phi) is 7.09. The number of carbonyl (C=O) groups is 1. The van der Waals surface area contributed by atoms with Crippen LogP contribution in [-0.2, 0) is 4.79 Å². The lowest BCUT2D eigenvalue weighted by Gasteiger charge is -2.11. The third-order valence-electron chi connectivity index (χ3n) is 2.13. The van der Waals surface area contributed by atoms with Gasteiger partial charge in [0.2, 0.25) is 0 Å². The monoisotopic (exact) mass is 194 g/mol. The maximum Gasteiger partial charge on any atom is 0.136 e. The predicted octanol–water partition coefficient (Wildman–Crippen LogP) is 3.90. The van der Waals surface area contributed by atoms with Crippen molar-refractivity contribution in [3.8, 4) is 0 Å². The molecule has 0 spiro atoms. The van der Waals surface area contributed by atoms with Crippen molar-refractivity contribution in [3.05, 3.63) is 23.8 Å². The Morgan fingerprint density at radius 2 is 2.00 bits per heavy atom. The maximum absolute atomic E-state index is 11.0. The lowest BCUT2D eigenvalue weighted by molar-refractivity contribution is -0.119. The van der Waals surface area contributed by atoms with Crippen LogP contribution in [0.5, 0.6) is 0 Å². The Labute approximate surface area is 87.9 Å². The van der Waals surface area contributed by atoms with Crippen molar-refractivity contribution in [2.24, 2.45) is 5.92 Å². The molecule has 0 radical (unpaired) electrons. The number of hydrogen-bond acceptors (Lipinski definition) is 1. The van der Waals surface area contributed by atoms with E-state index in [1.54, 1.807) is 6.92 Å². The first kappa shape index (κ1) is 13.2. The van der Waals surface area contributed by atoms with E-state index in [1.807, 2.05) is 6.92 Å². The van der Waals surface area contributed by atoms with Gasteiger partial charge in [0.1, 0.15) is 5.78 Å². The first-order valence-corrected chi connectivity index (χ1v) is 5.50. The Morgan fingerprint density at radius 1 is 1.43 bits per heavy atom. The molecule has 0 aromatic heterocycles. The van der Waals surface area contributed by atoms with Crippen molar-refractivity contribution in [1.29, 1.82) is 0 Å². The molecular weight excluding hydrogens is 172 g/mol. The van der Waals surface area contributed by atoms with Crippen LogP contribution >= 0.6 is 0 Å². The SMILES string of the molecule is CC(=O)C(C)C1=CCCC=C1.CCC. The zero-order valence-corrected chi connectivity index (χ0v) is 9.84. The number of hydrogen-bond donors (Lipinski definition) is 0. The molecule has 0 aromatic carbocycles. The van der Waals surface area contributed by atoms with Crippen LogP contribution in [0.1, 0.15) is 47.0 Å². The average molecular weight is 194 g/mol. The van der Waals surface area contributed by atoms with Gasteiger partial charge in [-0.3, -0.25) is 4.79 Å². The molecule has 80 valence electrons. The lowest BCUT2D eigenvalue weighted by atomic mass is 9.93. The fourth-order valence-electron chi connectivity index (χ4n) is 1.19. The molecule has 1 rings (SSSR count). The molecule has 0 saturated carbocycles. The van der Waals surface area contributed by atoms with Gasteiger partial charge >= 0.3 is 0 Å². The van der Waals surface area contributed by atoms with Crippen LogP contribution < -0.4 is 0 Å². The molecule has 0 fully saturated rings. The van der Waals surface area contributed by atoms with Crippen molar-refractivity contribution >= 4 is 5.78 Å². The first-order chi connectivity index (χ1) is 6.63. The summed E-state index contributed by atoms with van der Waals surface area (Å²) in [5.74, 6) is 0.342. The third-order valence-corrected chi connectivity index (χ3v) is 2.13. The second-order valence-corrected chi connectivity index (χ2v) is 3.72. The molecule has 0 saturated heterocycles. The van der Waals surface area contributed by atoms with Crippen molar-refractivity contribution in [2.75, 3.05) is 0 Å². The van der Waals surface area contributed by atoms with Crippen LogP contribution in [0, 0.1) is 5.92 Å². The van der Waals surface area contributed by atoms with Gasteiger partial charge in [-0.15, -0.1) is 0 Å². The van der Waals surface area contributed by atoms with E-state index >= 15 is 0 Å². The second-order valence-electron chi connectivity index (χ2n) is 3.72. The second kappa shape index (κ2) is 7.54. The van der Waals surface area contributed by atoms with E-state index < -0.39 is 0 Å². The largest absolute Gasteiger partial charge is 0.299 e. The van der Waals surface area contributed by atoms with Crippen LogP contribution in [0.3, 0.4) is 0 Å². The summed E-state index contributed by atoms with van der Waals surface area (Å²) in [5.41, 5.74) is 1.18. The minimum absolute atomic E-state index is 0.0894. The molecule has 0 bridgehead atoms. The highest BCUT2D eigenvalue weighted by Crippen LogP contribution is 2.18. The van der Waals surface area contributed by atoms with Gasteiger partial charge in [0, 0.05) is 5.92 Å².